The number of anilines is 1. The largest absolute Gasteiger partial charge is 0.378 e. The number of rotatable bonds is 9. The average Bonchev–Trinajstić information content (AvgIpc) is 2.53. The summed E-state index contributed by atoms with van der Waals surface area (Å²) in [6.45, 7) is 0.646. The molecular weight excluding hydrogens is 299 g/mol. The number of carbonyl (C=O) groups excluding carboxylic acids is 1. The minimum absolute atomic E-state index is 0.0497. The SMILES string of the molecule is CN(C)c1ccc(C(=O)NCCCCC/C=C(\F)CS)cc1. The Morgan fingerprint density at radius 3 is 2.50 bits per heavy atom. The second-order valence-corrected chi connectivity index (χ2v) is 5.67. The molecule has 0 atom stereocenters. The lowest BCUT2D eigenvalue weighted by Gasteiger charge is -2.12. The molecule has 1 amide bonds. The van der Waals surface area contributed by atoms with Gasteiger partial charge in [0.15, 0.2) is 0 Å². The number of amides is 1. The van der Waals surface area contributed by atoms with E-state index in [0.717, 1.165) is 31.4 Å². The molecule has 22 heavy (non-hydrogen) atoms. The van der Waals surface area contributed by atoms with Gasteiger partial charge in [-0.25, -0.2) is 4.39 Å². The highest BCUT2D eigenvalue weighted by atomic mass is 32.1. The van der Waals surface area contributed by atoms with Crippen LogP contribution in [0.1, 0.15) is 36.0 Å². The smallest absolute Gasteiger partial charge is 0.251 e. The van der Waals surface area contributed by atoms with E-state index in [1.165, 1.54) is 0 Å². The Labute approximate surface area is 138 Å². The third-order valence-electron chi connectivity index (χ3n) is 3.33. The van der Waals surface area contributed by atoms with Gasteiger partial charge in [0, 0.05) is 37.6 Å². The lowest BCUT2D eigenvalue weighted by molar-refractivity contribution is 0.0953. The number of nitrogens with zero attached hydrogens (tertiary/aromatic N) is 1. The Kier molecular flexibility index (Phi) is 8.67. The van der Waals surface area contributed by atoms with E-state index >= 15 is 0 Å². The number of thiol groups is 1. The summed E-state index contributed by atoms with van der Waals surface area (Å²) in [5.41, 5.74) is 1.74. The number of benzene rings is 1. The molecular formula is C17H25FN2OS. The zero-order valence-electron chi connectivity index (χ0n) is 13.3. The van der Waals surface area contributed by atoms with Crippen molar-refractivity contribution in [1.29, 1.82) is 0 Å². The van der Waals surface area contributed by atoms with Crippen LogP contribution in [-0.2, 0) is 0 Å². The standard InChI is InChI=1S/C17H25FN2OS/c1-20(2)16-10-8-14(9-11-16)17(21)19-12-6-4-3-5-7-15(18)13-22/h7-11,22H,3-6,12-13H2,1-2H3,(H,19,21)/b15-7-. The van der Waals surface area contributed by atoms with Gasteiger partial charge < -0.3 is 10.2 Å². The lowest BCUT2D eigenvalue weighted by Crippen LogP contribution is -2.24. The maximum atomic E-state index is 12.8. The molecule has 0 bridgehead atoms. The van der Waals surface area contributed by atoms with Gasteiger partial charge in [0.25, 0.3) is 5.91 Å². The van der Waals surface area contributed by atoms with Gasteiger partial charge in [-0.05, 0) is 43.5 Å². The second kappa shape index (κ2) is 10.3. The minimum atomic E-state index is -0.169. The molecule has 0 aliphatic carbocycles. The van der Waals surface area contributed by atoms with Crippen LogP contribution in [0.4, 0.5) is 10.1 Å². The monoisotopic (exact) mass is 324 g/mol. The van der Waals surface area contributed by atoms with Crippen LogP contribution in [0.3, 0.4) is 0 Å². The number of hydrogen-bond acceptors (Lipinski definition) is 3. The highest BCUT2D eigenvalue weighted by Crippen LogP contribution is 2.12. The molecule has 0 spiro atoms. The number of carbonyl (C=O) groups is 1. The van der Waals surface area contributed by atoms with Crippen LogP contribution >= 0.6 is 12.6 Å². The molecule has 0 aliphatic rings. The summed E-state index contributed by atoms with van der Waals surface area (Å²) in [5.74, 6) is -0.0491. The molecule has 0 saturated heterocycles. The van der Waals surface area contributed by atoms with Gasteiger partial charge in [0.1, 0.15) is 5.83 Å². The van der Waals surface area contributed by atoms with Gasteiger partial charge in [0.2, 0.25) is 0 Å². The van der Waals surface area contributed by atoms with Crippen molar-refractivity contribution in [2.75, 3.05) is 31.3 Å². The molecule has 0 aromatic heterocycles. The van der Waals surface area contributed by atoms with E-state index in [1.54, 1.807) is 6.08 Å². The molecule has 0 fully saturated rings. The molecule has 0 heterocycles. The molecule has 1 N–H and O–H groups in total. The molecule has 5 heteroatoms. The average molecular weight is 324 g/mol. The fourth-order valence-corrected chi connectivity index (χ4v) is 2.11. The number of unbranched alkanes of at least 4 members (excludes halogenated alkanes) is 3. The van der Waals surface area contributed by atoms with E-state index in [9.17, 15) is 9.18 Å². The predicted octanol–water partition coefficient (Wildman–Crippen LogP) is 3.83. The number of halogens is 1. The summed E-state index contributed by atoms with van der Waals surface area (Å²) < 4.78 is 12.8. The van der Waals surface area contributed by atoms with Crippen LogP contribution < -0.4 is 10.2 Å². The molecule has 3 nitrogen and oxygen atoms in total. The van der Waals surface area contributed by atoms with Crippen LogP contribution in [0.25, 0.3) is 0 Å². The number of hydrogen-bond donors (Lipinski definition) is 2. The summed E-state index contributed by atoms with van der Waals surface area (Å²) >= 11 is 3.86. The zero-order valence-corrected chi connectivity index (χ0v) is 14.2. The van der Waals surface area contributed by atoms with Crippen molar-refractivity contribution >= 4 is 24.2 Å². The normalized spacial score (nSPS) is 11.4. The first kappa shape index (κ1) is 18.6. The second-order valence-electron chi connectivity index (χ2n) is 5.36. The third-order valence-corrected chi connectivity index (χ3v) is 3.63. The lowest BCUT2D eigenvalue weighted by atomic mass is 10.1. The molecule has 0 aliphatic heterocycles. The first-order chi connectivity index (χ1) is 10.5. The molecule has 0 radical (unpaired) electrons. The zero-order chi connectivity index (χ0) is 16.4. The van der Waals surface area contributed by atoms with Crippen LogP contribution in [0, 0.1) is 0 Å². The highest BCUT2D eigenvalue weighted by Gasteiger charge is 2.04. The van der Waals surface area contributed by atoms with Crippen molar-refractivity contribution in [3.05, 3.63) is 41.7 Å². The van der Waals surface area contributed by atoms with Crippen molar-refractivity contribution in [3.8, 4) is 0 Å². The van der Waals surface area contributed by atoms with E-state index in [1.807, 2.05) is 43.3 Å². The van der Waals surface area contributed by atoms with E-state index in [-0.39, 0.29) is 17.5 Å². The maximum Gasteiger partial charge on any atom is 0.251 e. The van der Waals surface area contributed by atoms with Crippen molar-refractivity contribution < 1.29 is 9.18 Å². The van der Waals surface area contributed by atoms with Gasteiger partial charge in [-0.1, -0.05) is 12.5 Å². The summed E-state index contributed by atoms with van der Waals surface area (Å²) in [6, 6.07) is 7.51. The van der Waals surface area contributed by atoms with Gasteiger partial charge >= 0.3 is 0 Å². The van der Waals surface area contributed by atoms with E-state index < -0.39 is 0 Å². The van der Waals surface area contributed by atoms with Crippen molar-refractivity contribution in [3.63, 3.8) is 0 Å². The minimum Gasteiger partial charge on any atom is -0.378 e. The summed E-state index contributed by atoms with van der Waals surface area (Å²) in [4.78, 5) is 13.9. The van der Waals surface area contributed by atoms with E-state index in [4.69, 9.17) is 0 Å². The Bertz CT molecular complexity index is 486. The predicted molar refractivity (Wildman–Crippen MR) is 94.6 cm³/mol. The molecule has 0 unspecified atom stereocenters. The van der Waals surface area contributed by atoms with Gasteiger partial charge in [-0.15, -0.1) is 0 Å². The molecule has 1 aromatic carbocycles. The van der Waals surface area contributed by atoms with Gasteiger partial charge in [-0.2, -0.15) is 12.6 Å². The maximum absolute atomic E-state index is 12.8. The quantitative estimate of drug-likeness (QED) is 0.534. The van der Waals surface area contributed by atoms with Crippen LogP contribution in [0.5, 0.6) is 0 Å². The Morgan fingerprint density at radius 2 is 1.91 bits per heavy atom. The fourth-order valence-electron chi connectivity index (χ4n) is 1.98. The number of nitrogens with one attached hydrogen (secondary N) is 1. The number of allylic oxidation sites excluding steroid dienone is 1. The Balaban J connectivity index is 2.20. The van der Waals surface area contributed by atoms with E-state index in [2.05, 4.69) is 17.9 Å². The molecule has 0 saturated carbocycles. The third kappa shape index (κ3) is 6.98. The molecule has 1 aromatic rings. The summed E-state index contributed by atoms with van der Waals surface area (Å²) in [6.07, 6.45) is 5.10. The highest BCUT2D eigenvalue weighted by molar-refractivity contribution is 7.80. The van der Waals surface area contributed by atoms with Gasteiger partial charge in [-0.3, -0.25) is 4.79 Å². The Morgan fingerprint density at radius 1 is 1.23 bits per heavy atom. The van der Waals surface area contributed by atoms with Crippen LogP contribution in [-0.4, -0.2) is 32.3 Å². The summed E-state index contributed by atoms with van der Waals surface area (Å²) in [5, 5.41) is 2.90. The van der Waals surface area contributed by atoms with Crippen molar-refractivity contribution in [2.45, 2.75) is 25.7 Å². The van der Waals surface area contributed by atoms with E-state index in [0.29, 0.717) is 12.1 Å². The van der Waals surface area contributed by atoms with Crippen LogP contribution in [0.2, 0.25) is 0 Å². The first-order valence-electron chi connectivity index (χ1n) is 7.55. The van der Waals surface area contributed by atoms with Crippen molar-refractivity contribution in [2.24, 2.45) is 0 Å². The van der Waals surface area contributed by atoms with Crippen LogP contribution in [0.15, 0.2) is 36.2 Å². The summed E-state index contributed by atoms with van der Waals surface area (Å²) in [7, 11) is 3.93. The molecule has 122 valence electrons. The topological polar surface area (TPSA) is 32.3 Å². The molecule has 1 rings (SSSR count). The fraction of sp³-hybridized carbons (Fsp3) is 0.471. The van der Waals surface area contributed by atoms with Gasteiger partial charge in [0.05, 0.1) is 0 Å². The first-order valence-corrected chi connectivity index (χ1v) is 8.19. The van der Waals surface area contributed by atoms with Crippen molar-refractivity contribution in [1.82, 2.24) is 5.32 Å². The Hall–Kier alpha value is -1.49.